The molecule has 0 aromatic heterocycles. The van der Waals surface area contributed by atoms with E-state index in [-0.39, 0.29) is 11.4 Å². The van der Waals surface area contributed by atoms with Crippen LogP contribution in [0.25, 0.3) is 0 Å². The molecule has 2 heteroatoms. The van der Waals surface area contributed by atoms with Gasteiger partial charge in [-0.25, -0.2) is 0 Å². The number of carbonyl (C=O) groups is 1. The minimum absolute atomic E-state index is 0.0413. The molecule has 32 heavy (non-hydrogen) atoms. The van der Waals surface area contributed by atoms with Gasteiger partial charge in [0.15, 0.2) is 0 Å². The fourth-order valence-corrected chi connectivity index (χ4v) is 4.78. The van der Waals surface area contributed by atoms with E-state index in [1.807, 2.05) is 0 Å². The molecular weight excluding hydrogens is 392 g/mol. The Morgan fingerprint density at radius 3 is 1.38 bits per heavy atom. The molecule has 0 aromatic carbocycles. The first kappa shape index (κ1) is 31.5. The van der Waals surface area contributed by atoms with Crippen LogP contribution in [0.4, 0.5) is 0 Å². The van der Waals surface area contributed by atoms with E-state index in [9.17, 15) is 4.79 Å². The molecule has 0 aliphatic heterocycles. The van der Waals surface area contributed by atoms with E-state index >= 15 is 0 Å². The maximum atomic E-state index is 12.9. The first-order valence-electron chi connectivity index (χ1n) is 14.7. The molecule has 0 radical (unpaired) electrons. The fourth-order valence-electron chi connectivity index (χ4n) is 4.78. The zero-order chi connectivity index (χ0) is 23.9. The highest BCUT2D eigenvalue weighted by atomic mass is 16.5. The van der Waals surface area contributed by atoms with Gasteiger partial charge >= 0.3 is 5.97 Å². The Morgan fingerprint density at radius 1 is 0.562 bits per heavy atom. The summed E-state index contributed by atoms with van der Waals surface area (Å²) in [7, 11) is 0. The van der Waals surface area contributed by atoms with E-state index in [4.69, 9.17) is 4.74 Å². The second-order valence-corrected chi connectivity index (χ2v) is 10.8. The molecule has 0 fully saturated rings. The molecule has 0 saturated heterocycles. The van der Waals surface area contributed by atoms with Crippen LogP contribution in [-0.4, -0.2) is 12.6 Å². The predicted molar refractivity (Wildman–Crippen MR) is 142 cm³/mol. The van der Waals surface area contributed by atoms with Crippen LogP contribution in [0.3, 0.4) is 0 Å². The Bertz CT molecular complexity index is 402. The predicted octanol–water partition coefficient (Wildman–Crippen LogP) is 10.4. The number of unbranched alkanes of at least 4 members (excludes halogenated alkanes) is 16. The van der Waals surface area contributed by atoms with Crippen molar-refractivity contribution < 1.29 is 9.53 Å². The maximum absolute atomic E-state index is 12.9. The van der Waals surface area contributed by atoms with Gasteiger partial charge in [0.05, 0.1) is 12.0 Å². The molecule has 0 spiro atoms. The summed E-state index contributed by atoms with van der Waals surface area (Å²) in [6, 6.07) is 0. The molecule has 0 N–H and O–H groups in total. The highest BCUT2D eigenvalue weighted by Gasteiger charge is 2.37. The summed E-state index contributed by atoms with van der Waals surface area (Å²) in [4.78, 5) is 12.9. The van der Waals surface area contributed by atoms with Gasteiger partial charge in [-0.05, 0) is 39.0 Å². The highest BCUT2D eigenvalue weighted by molar-refractivity contribution is 5.76. The van der Waals surface area contributed by atoms with Gasteiger partial charge in [-0.3, -0.25) is 4.79 Å². The fraction of sp³-hybridized carbons (Fsp3) is 0.967. The number of hydrogen-bond acceptors (Lipinski definition) is 2. The van der Waals surface area contributed by atoms with Crippen molar-refractivity contribution in [2.45, 2.75) is 169 Å². The molecular formula is C30H60O2. The van der Waals surface area contributed by atoms with Gasteiger partial charge in [0.2, 0.25) is 0 Å². The Hall–Kier alpha value is -0.530. The van der Waals surface area contributed by atoms with E-state index in [0.717, 1.165) is 6.42 Å². The van der Waals surface area contributed by atoms with Crippen LogP contribution >= 0.6 is 0 Å². The van der Waals surface area contributed by atoms with Crippen LogP contribution < -0.4 is 0 Å². The quantitative estimate of drug-likeness (QED) is 0.107. The monoisotopic (exact) mass is 452 g/mol. The lowest BCUT2D eigenvalue weighted by molar-refractivity contribution is -0.157. The maximum Gasteiger partial charge on any atom is 0.311 e. The van der Waals surface area contributed by atoms with E-state index in [2.05, 4.69) is 34.6 Å². The second kappa shape index (κ2) is 22.3. The topological polar surface area (TPSA) is 26.3 Å². The lowest BCUT2D eigenvalue weighted by atomic mass is 9.73. The lowest BCUT2D eigenvalue weighted by Crippen LogP contribution is -2.35. The van der Waals surface area contributed by atoms with E-state index < -0.39 is 0 Å². The molecule has 2 nitrogen and oxygen atoms in total. The molecule has 0 bridgehead atoms. The SMILES string of the molecule is CCCCCCCCCCCCC(CCCCC)C(C)(C)C(=O)OCCCCCCCC. The molecule has 0 heterocycles. The summed E-state index contributed by atoms with van der Waals surface area (Å²) < 4.78 is 5.76. The minimum atomic E-state index is -0.352. The van der Waals surface area contributed by atoms with Gasteiger partial charge in [-0.1, -0.05) is 136 Å². The van der Waals surface area contributed by atoms with Crippen LogP contribution in [0.15, 0.2) is 0 Å². The minimum Gasteiger partial charge on any atom is -0.465 e. The zero-order valence-electron chi connectivity index (χ0n) is 23.0. The van der Waals surface area contributed by atoms with Crippen molar-refractivity contribution in [3.63, 3.8) is 0 Å². The van der Waals surface area contributed by atoms with Crippen LogP contribution in [0.5, 0.6) is 0 Å². The van der Waals surface area contributed by atoms with Crippen molar-refractivity contribution in [3.8, 4) is 0 Å². The molecule has 192 valence electrons. The lowest BCUT2D eigenvalue weighted by Gasteiger charge is -2.32. The van der Waals surface area contributed by atoms with Crippen molar-refractivity contribution >= 4 is 5.97 Å². The summed E-state index contributed by atoms with van der Waals surface area (Å²) in [5, 5.41) is 0. The molecule has 1 atom stereocenters. The summed E-state index contributed by atoms with van der Waals surface area (Å²) >= 11 is 0. The summed E-state index contributed by atoms with van der Waals surface area (Å²) in [5.41, 5.74) is -0.352. The summed E-state index contributed by atoms with van der Waals surface area (Å²) in [6.07, 6.45) is 27.2. The van der Waals surface area contributed by atoms with Crippen LogP contribution in [0, 0.1) is 11.3 Å². The van der Waals surface area contributed by atoms with Gasteiger partial charge < -0.3 is 4.74 Å². The number of ether oxygens (including phenoxy) is 1. The molecule has 0 amide bonds. The normalized spacial score (nSPS) is 12.8. The number of rotatable bonds is 24. The standard InChI is InChI=1S/C30H60O2/c1-6-9-12-14-16-17-18-19-20-23-26-28(25-22-11-8-3)30(4,5)29(31)32-27-24-21-15-13-10-7-2/h28H,6-27H2,1-5H3. The van der Waals surface area contributed by atoms with Gasteiger partial charge in [0.1, 0.15) is 0 Å². The van der Waals surface area contributed by atoms with Crippen molar-refractivity contribution in [2.75, 3.05) is 6.61 Å². The summed E-state index contributed by atoms with van der Waals surface area (Å²) in [5.74, 6) is 0.500. The van der Waals surface area contributed by atoms with Crippen LogP contribution in [0.1, 0.15) is 169 Å². The number of esters is 1. The van der Waals surface area contributed by atoms with Gasteiger partial charge in [0.25, 0.3) is 0 Å². The van der Waals surface area contributed by atoms with Crippen LogP contribution in [0.2, 0.25) is 0 Å². The number of hydrogen-bond donors (Lipinski definition) is 0. The zero-order valence-corrected chi connectivity index (χ0v) is 23.0. The van der Waals surface area contributed by atoms with Gasteiger partial charge in [-0.2, -0.15) is 0 Å². The third-order valence-electron chi connectivity index (χ3n) is 7.34. The van der Waals surface area contributed by atoms with E-state index in [0.29, 0.717) is 12.5 Å². The second-order valence-electron chi connectivity index (χ2n) is 10.8. The first-order valence-corrected chi connectivity index (χ1v) is 14.7. The molecule has 0 aliphatic carbocycles. The van der Waals surface area contributed by atoms with Crippen molar-refractivity contribution in [1.82, 2.24) is 0 Å². The Labute approximate surface area is 203 Å². The molecule has 0 saturated carbocycles. The molecule has 1 unspecified atom stereocenters. The largest absolute Gasteiger partial charge is 0.465 e. The highest BCUT2D eigenvalue weighted by Crippen LogP contribution is 2.36. The van der Waals surface area contributed by atoms with Crippen molar-refractivity contribution in [1.29, 1.82) is 0 Å². The average Bonchev–Trinajstić information content (AvgIpc) is 2.78. The molecule has 0 aromatic rings. The first-order chi connectivity index (χ1) is 15.5. The Kier molecular flexibility index (Phi) is 21.9. The summed E-state index contributed by atoms with van der Waals surface area (Å²) in [6.45, 7) is 11.7. The van der Waals surface area contributed by atoms with E-state index in [1.165, 1.54) is 128 Å². The smallest absolute Gasteiger partial charge is 0.311 e. The van der Waals surface area contributed by atoms with E-state index in [1.54, 1.807) is 0 Å². The van der Waals surface area contributed by atoms with Gasteiger partial charge in [0, 0.05) is 0 Å². The van der Waals surface area contributed by atoms with Crippen molar-refractivity contribution in [2.24, 2.45) is 11.3 Å². The van der Waals surface area contributed by atoms with Crippen molar-refractivity contribution in [3.05, 3.63) is 0 Å². The van der Waals surface area contributed by atoms with Crippen LogP contribution in [-0.2, 0) is 9.53 Å². The average molecular weight is 453 g/mol. The molecule has 0 aliphatic rings. The third kappa shape index (κ3) is 17.0. The van der Waals surface area contributed by atoms with Gasteiger partial charge in [-0.15, -0.1) is 0 Å². The number of carbonyl (C=O) groups excluding carboxylic acids is 1. The third-order valence-corrected chi connectivity index (χ3v) is 7.34. The Morgan fingerprint density at radius 2 is 0.906 bits per heavy atom. The Balaban J connectivity index is 4.23. The molecule has 0 rings (SSSR count).